The van der Waals surface area contributed by atoms with E-state index in [0.29, 0.717) is 5.69 Å². The SMILES string of the molecule is COC(=O)C1=NN(c2ccccc2C(=O)OC)[C@H](C#N)C1. The first-order chi connectivity index (χ1) is 10.1. The predicted octanol–water partition coefficient (Wildman–Crippen LogP) is 1.10. The maximum atomic E-state index is 11.8. The van der Waals surface area contributed by atoms with E-state index >= 15 is 0 Å². The summed E-state index contributed by atoms with van der Waals surface area (Å²) >= 11 is 0. The van der Waals surface area contributed by atoms with Gasteiger partial charge in [0.1, 0.15) is 11.8 Å². The Bertz CT molecular complexity index is 648. The first-order valence-corrected chi connectivity index (χ1v) is 6.14. The first-order valence-electron chi connectivity index (χ1n) is 6.14. The second-order valence-corrected chi connectivity index (χ2v) is 4.24. The van der Waals surface area contributed by atoms with Crippen molar-refractivity contribution in [2.24, 2.45) is 5.10 Å². The lowest BCUT2D eigenvalue weighted by molar-refractivity contribution is -0.132. The number of anilines is 1. The van der Waals surface area contributed by atoms with Crippen molar-refractivity contribution >= 4 is 23.3 Å². The van der Waals surface area contributed by atoms with Gasteiger partial charge in [-0.25, -0.2) is 14.6 Å². The summed E-state index contributed by atoms with van der Waals surface area (Å²) in [6, 6.07) is 7.98. The van der Waals surface area contributed by atoms with Gasteiger partial charge >= 0.3 is 11.9 Å². The highest BCUT2D eigenvalue weighted by atomic mass is 16.5. The molecule has 108 valence electrons. The van der Waals surface area contributed by atoms with Gasteiger partial charge < -0.3 is 9.47 Å². The lowest BCUT2D eigenvalue weighted by Crippen LogP contribution is -2.26. The fraction of sp³-hybridized carbons (Fsp3) is 0.286. The normalized spacial score (nSPS) is 16.9. The summed E-state index contributed by atoms with van der Waals surface area (Å²) in [5.74, 6) is -1.13. The van der Waals surface area contributed by atoms with E-state index in [-0.39, 0.29) is 17.7 Å². The maximum Gasteiger partial charge on any atom is 0.354 e. The molecule has 0 fully saturated rings. The number of hydrogen-bond donors (Lipinski definition) is 0. The minimum atomic E-state index is -0.676. The number of nitrogens with zero attached hydrogens (tertiary/aromatic N) is 3. The Morgan fingerprint density at radius 3 is 2.57 bits per heavy atom. The van der Waals surface area contributed by atoms with Crippen LogP contribution in [-0.4, -0.2) is 37.9 Å². The number of nitriles is 1. The average Bonchev–Trinajstić information content (AvgIpc) is 2.97. The van der Waals surface area contributed by atoms with Crippen LogP contribution in [0.15, 0.2) is 29.4 Å². The summed E-state index contributed by atoms with van der Waals surface area (Å²) in [7, 11) is 2.52. The van der Waals surface area contributed by atoms with Crippen molar-refractivity contribution in [3.63, 3.8) is 0 Å². The minimum Gasteiger partial charge on any atom is -0.465 e. The number of hydrazone groups is 1. The van der Waals surface area contributed by atoms with E-state index in [0.717, 1.165) is 0 Å². The van der Waals surface area contributed by atoms with Gasteiger partial charge in [-0.05, 0) is 12.1 Å². The second-order valence-electron chi connectivity index (χ2n) is 4.24. The zero-order chi connectivity index (χ0) is 15.4. The third kappa shape index (κ3) is 2.69. The highest BCUT2D eigenvalue weighted by Gasteiger charge is 2.33. The molecule has 0 N–H and O–H groups in total. The number of rotatable bonds is 3. The molecule has 2 rings (SSSR count). The van der Waals surface area contributed by atoms with E-state index in [2.05, 4.69) is 15.9 Å². The van der Waals surface area contributed by atoms with E-state index in [9.17, 15) is 14.9 Å². The number of methoxy groups -OCH3 is 2. The van der Waals surface area contributed by atoms with E-state index in [1.807, 2.05) is 0 Å². The molecule has 0 aliphatic carbocycles. The van der Waals surface area contributed by atoms with Gasteiger partial charge in [0.15, 0.2) is 0 Å². The van der Waals surface area contributed by atoms with Gasteiger partial charge in [-0.3, -0.25) is 0 Å². The van der Waals surface area contributed by atoms with Crippen molar-refractivity contribution in [1.82, 2.24) is 0 Å². The Kier molecular flexibility index (Phi) is 4.18. The first kappa shape index (κ1) is 14.5. The molecule has 0 bridgehead atoms. The third-order valence-corrected chi connectivity index (χ3v) is 3.04. The van der Waals surface area contributed by atoms with Crippen molar-refractivity contribution in [2.75, 3.05) is 19.2 Å². The quantitative estimate of drug-likeness (QED) is 0.773. The van der Waals surface area contributed by atoms with Crippen LogP contribution in [-0.2, 0) is 14.3 Å². The molecule has 0 spiro atoms. The molecule has 7 heteroatoms. The Hall–Kier alpha value is -2.88. The van der Waals surface area contributed by atoms with Crippen LogP contribution in [0.5, 0.6) is 0 Å². The van der Waals surface area contributed by atoms with Crippen molar-refractivity contribution in [2.45, 2.75) is 12.5 Å². The van der Waals surface area contributed by atoms with Gasteiger partial charge in [-0.15, -0.1) is 0 Å². The summed E-state index contributed by atoms with van der Waals surface area (Å²) in [6.07, 6.45) is 0.138. The molecule has 0 saturated heterocycles. The van der Waals surface area contributed by atoms with Crippen LogP contribution < -0.4 is 5.01 Å². The van der Waals surface area contributed by atoms with Crippen molar-refractivity contribution in [3.8, 4) is 6.07 Å². The van der Waals surface area contributed by atoms with Crippen molar-refractivity contribution in [3.05, 3.63) is 29.8 Å². The number of carbonyl (C=O) groups excluding carboxylic acids is 2. The molecular weight excluding hydrogens is 274 g/mol. The molecule has 1 aromatic carbocycles. The molecule has 0 radical (unpaired) electrons. The average molecular weight is 287 g/mol. The number of ether oxygens (including phenoxy) is 2. The highest BCUT2D eigenvalue weighted by molar-refractivity contribution is 6.37. The van der Waals surface area contributed by atoms with Crippen LogP contribution in [0.2, 0.25) is 0 Å². The monoisotopic (exact) mass is 287 g/mol. The Labute approximate surface area is 121 Å². The zero-order valence-corrected chi connectivity index (χ0v) is 11.6. The summed E-state index contributed by atoms with van der Waals surface area (Å²) in [5.41, 5.74) is 0.827. The molecule has 1 heterocycles. The molecule has 0 aromatic heterocycles. The molecule has 21 heavy (non-hydrogen) atoms. The fourth-order valence-corrected chi connectivity index (χ4v) is 2.03. The summed E-state index contributed by atoms with van der Waals surface area (Å²) in [4.78, 5) is 23.3. The highest BCUT2D eigenvalue weighted by Crippen LogP contribution is 2.28. The molecule has 1 atom stereocenters. The number of esters is 2. The number of para-hydroxylation sites is 1. The van der Waals surface area contributed by atoms with Crippen molar-refractivity contribution in [1.29, 1.82) is 5.26 Å². The van der Waals surface area contributed by atoms with E-state index in [1.165, 1.54) is 19.2 Å². The van der Waals surface area contributed by atoms with Gasteiger partial charge in [-0.2, -0.15) is 10.4 Å². The van der Waals surface area contributed by atoms with Crippen LogP contribution in [0, 0.1) is 11.3 Å². The Morgan fingerprint density at radius 1 is 1.29 bits per heavy atom. The molecule has 1 aromatic rings. The van der Waals surface area contributed by atoms with Gasteiger partial charge in [-0.1, -0.05) is 12.1 Å². The summed E-state index contributed by atoms with van der Waals surface area (Å²) < 4.78 is 9.32. The molecular formula is C14H13N3O4. The third-order valence-electron chi connectivity index (χ3n) is 3.04. The lowest BCUT2D eigenvalue weighted by Gasteiger charge is -2.20. The molecule has 0 unspecified atom stereocenters. The van der Waals surface area contributed by atoms with Crippen LogP contribution in [0.1, 0.15) is 16.8 Å². The second kappa shape index (κ2) is 6.05. The fourth-order valence-electron chi connectivity index (χ4n) is 2.03. The zero-order valence-electron chi connectivity index (χ0n) is 11.6. The van der Waals surface area contributed by atoms with Crippen LogP contribution >= 0.6 is 0 Å². The topological polar surface area (TPSA) is 92.0 Å². The van der Waals surface area contributed by atoms with Crippen LogP contribution in [0.25, 0.3) is 0 Å². The van der Waals surface area contributed by atoms with Crippen molar-refractivity contribution < 1.29 is 19.1 Å². The molecule has 0 saturated carbocycles. The van der Waals surface area contributed by atoms with Crippen LogP contribution in [0.3, 0.4) is 0 Å². The predicted molar refractivity (Wildman–Crippen MR) is 73.7 cm³/mol. The standard InChI is InChI=1S/C14H13N3O4/c1-20-13(18)10-5-3-4-6-12(10)17-9(8-15)7-11(16-17)14(19)21-2/h3-6,9H,7H2,1-2H3/t9-/m0/s1. The van der Waals surface area contributed by atoms with Gasteiger partial charge in [0.2, 0.25) is 0 Å². The summed E-state index contributed by atoms with van der Waals surface area (Å²) in [6.45, 7) is 0. The van der Waals surface area contributed by atoms with Crippen LogP contribution in [0.4, 0.5) is 5.69 Å². The maximum absolute atomic E-state index is 11.8. The van der Waals surface area contributed by atoms with E-state index < -0.39 is 18.0 Å². The van der Waals surface area contributed by atoms with Gasteiger partial charge in [0, 0.05) is 6.42 Å². The lowest BCUT2D eigenvalue weighted by atomic mass is 10.1. The molecule has 1 aliphatic rings. The smallest absolute Gasteiger partial charge is 0.354 e. The number of benzene rings is 1. The Morgan fingerprint density at radius 2 is 1.95 bits per heavy atom. The largest absolute Gasteiger partial charge is 0.465 e. The number of carbonyl (C=O) groups is 2. The number of hydrogen-bond acceptors (Lipinski definition) is 7. The molecule has 1 aliphatic heterocycles. The van der Waals surface area contributed by atoms with E-state index in [4.69, 9.17) is 4.74 Å². The summed E-state index contributed by atoms with van der Waals surface area (Å²) in [5, 5.41) is 14.7. The van der Waals surface area contributed by atoms with E-state index in [1.54, 1.807) is 24.3 Å². The van der Waals surface area contributed by atoms with Gasteiger partial charge in [0.25, 0.3) is 0 Å². The molecule has 0 amide bonds. The minimum absolute atomic E-state index is 0.138. The van der Waals surface area contributed by atoms with Gasteiger partial charge in [0.05, 0.1) is 31.5 Å². The Balaban J connectivity index is 2.45. The molecule has 7 nitrogen and oxygen atoms in total.